The predicted octanol–water partition coefficient (Wildman–Crippen LogP) is 1.40. The lowest BCUT2D eigenvalue weighted by Crippen LogP contribution is -2.30. The van der Waals surface area contributed by atoms with E-state index in [1.807, 2.05) is 12.1 Å². The number of aromatic carboxylic acids is 2. The molecule has 0 radical (unpaired) electrons. The van der Waals surface area contributed by atoms with E-state index in [-0.39, 0.29) is 18.1 Å². The van der Waals surface area contributed by atoms with E-state index in [9.17, 15) is 24.6 Å². The van der Waals surface area contributed by atoms with Crippen LogP contribution in [0.25, 0.3) is 0 Å². The van der Waals surface area contributed by atoms with E-state index < -0.39 is 23.1 Å². The van der Waals surface area contributed by atoms with Crippen LogP contribution in [-0.4, -0.2) is 25.0 Å². The molecule has 0 aromatic heterocycles. The van der Waals surface area contributed by atoms with Gasteiger partial charge in [0.05, 0.1) is 25.5 Å². The lowest BCUT2D eigenvalue weighted by atomic mass is 10.1. The molecule has 1 amide bonds. The summed E-state index contributed by atoms with van der Waals surface area (Å²) in [5.74, 6) is -2.30. The molecule has 0 fully saturated rings. The third-order valence-corrected chi connectivity index (χ3v) is 4.33. The van der Waals surface area contributed by atoms with E-state index in [0.717, 1.165) is 17.7 Å². The topological polar surface area (TPSA) is 128 Å². The minimum Gasteiger partial charge on any atom is -0.545 e. The van der Waals surface area contributed by atoms with Crippen LogP contribution < -0.4 is 25.0 Å². The molecule has 0 saturated heterocycles. The molecule has 3 aromatic rings. The van der Waals surface area contributed by atoms with Gasteiger partial charge in [0.25, 0.3) is 0 Å². The zero-order valence-corrected chi connectivity index (χ0v) is 16.4. The number of carbonyl (C=O) groups is 3. The number of hydrogen-bond donors (Lipinski definition) is 1. The van der Waals surface area contributed by atoms with Gasteiger partial charge in [0.1, 0.15) is 17.2 Å². The zero-order valence-electron chi connectivity index (χ0n) is 16.4. The molecule has 31 heavy (non-hydrogen) atoms. The highest BCUT2D eigenvalue weighted by Gasteiger charge is 2.09. The molecule has 0 aliphatic heterocycles. The fraction of sp³-hybridized carbons (Fsp3) is 0.0870. The van der Waals surface area contributed by atoms with E-state index >= 15 is 0 Å². The zero-order chi connectivity index (χ0) is 22.4. The van der Waals surface area contributed by atoms with Crippen LogP contribution >= 0.6 is 0 Å². The van der Waals surface area contributed by atoms with Crippen molar-refractivity contribution in [3.63, 3.8) is 0 Å². The van der Waals surface area contributed by atoms with Crippen molar-refractivity contribution < 1.29 is 34.1 Å². The maximum absolute atomic E-state index is 12.2. The van der Waals surface area contributed by atoms with Gasteiger partial charge < -0.3 is 34.6 Å². The van der Waals surface area contributed by atoms with Crippen LogP contribution in [0.5, 0.6) is 17.2 Å². The molecule has 3 rings (SSSR count). The van der Waals surface area contributed by atoms with Crippen LogP contribution in [0.1, 0.15) is 26.3 Å². The van der Waals surface area contributed by atoms with Crippen molar-refractivity contribution in [2.24, 2.45) is 0 Å². The van der Waals surface area contributed by atoms with Crippen LogP contribution in [0.4, 0.5) is 5.69 Å². The summed E-state index contributed by atoms with van der Waals surface area (Å²) in [6.07, 6.45) is 0.193. The van der Waals surface area contributed by atoms with Crippen LogP contribution in [-0.2, 0) is 11.2 Å². The minimum atomic E-state index is -1.65. The van der Waals surface area contributed by atoms with E-state index in [0.29, 0.717) is 17.2 Å². The number of rotatable bonds is 8. The summed E-state index contributed by atoms with van der Waals surface area (Å²) < 4.78 is 10.6. The lowest BCUT2D eigenvalue weighted by molar-refractivity contribution is -0.259. The van der Waals surface area contributed by atoms with Crippen molar-refractivity contribution in [1.82, 2.24) is 0 Å². The van der Waals surface area contributed by atoms with Gasteiger partial charge in [0.15, 0.2) is 0 Å². The highest BCUT2D eigenvalue weighted by molar-refractivity contribution is 6.00. The Labute approximate surface area is 177 Å². The quantitative estimate of drug-likeness (QED) is 0.584. The summed E-state index contributed by atoms with van der Waals surface area (Å²) in [4.78, 5) is 34.3. The molecule has 0 bridgehead atoms. The first-order valence-corrected chi connectivity index (χ1v) is 9.13. The van der Waals surface area contributed by atoms with Crippen LogP contribution in [0.15, 0.2) is 66.7 Å². The third-order valence-electron chi connectivity index (χ3n) is 4.33. The van der Waals surface area contributed by atoms with Gasteiger partial charge in [-0.05, 0) is 60.2 Å². The fourth-order valence-electron chi connectivity index (χ4n) is 2.81. The summed E-state index contributed by atoms with van der Waals surface area (Å²) >= 11 is 0. The van der Waals surface area contributed by atoms with Gasteiger partial charge in [-0.15, -0.1) is 0 Å². The van der Waals surface area contributed by atoms with Crippen molar-refractivity contribution in [2.75, 3.05) is 12.4 Å². The average Bonchev–Trinajstić information content (AvgIpc) is 2.75. The Morgan fingerprint density at radius 3 is 1.94 bits per heavy atom. The van der Waals surface area contributed by atoms with Gasteiger partial charge in [-0.1, -0.05) is 12.1 Å². The molecule has 0 saturated carbocycles. The second-order valence-electron chi connectivity index (χ2n) is 6.48. The van der Waals surface area contributed by atoms with Gasteiger partial charge in [-0.2, -0.15) is 0 Å². The number of benzene rings is 3. The third kappa shape index (κ3) is 5.60. The van der Waals surface area contributed by atoms with Crippen molar-refractivity contribution in [2.45, 2.75) is 6.42 Å². The molecule has 1 N–H and O–H groups in total. The second kappa shape index (κ2) is 9.45. The maximum atomic E-state index is 12.2. The fourth-order valence-corrected chi connectivity index (χ4v) is 2.81. The van der Waals surface area contributed by atoms with E-state index in [2.05, 4.69) is 5.32 Å². The van der Waals surface area contributed by atoms with Gasteiger partial charge in [-0.25, -0.2) is 0 Å². The molecule has 0 unspecified atom stereocenters. The molecule has 0 atom stereocenters. The van der Waals surface area contributed by atoms with Crippen molar-refractivity contribution >= 4 is 23.5 Å². The Morgan fingerprint density at radius 1 is 0.774 bits per heavy atom. The standard InChI is InChI=1S/C23H19NO7/c1-30-16-6-2-14(3-7-16)12-21(25)24-15-4-8-17(9-5-15)31-18-10-11-19(22(26)27)20(13-18)23(28)29/h2-11,13H,12H2,1H3,(H,24,25)(H,26,27)(H,28,29)/p-2. The summed E-state index contributed by atoms with van der Waals surface area (Å²) in [5.41, 5.74) is 0.345. The Hall–Kier alpha value is -4.33. The number of carboxylic acids is 2. The smallest absolute Gasteiger partial charge is 0.228 e. The van der Waals surface area contributed by atoms with Gasteiger partial charge >= 0.3 is 0 Å². The summed E-state index contributed by atoms with van der Waals surface area (Å²) in [6, 6.07) is 17.0. The Morgan fingerprint density at radius 2 is 1.35 bits per heavy atom. The molecule has 0 spiro atoms. The monoisotopic (exact) mass is 419 g/mol. The Bertz CT molecular complexity index is 1110. The van der Waals surface area contributed by atoms with E-state index in [1.165, 1.54) is 6.07 Å². The highest BCUT2D eigenvalue weighted by atomic mass is 16.5. The first-order chi connectivity index (χ1) is 14.9. The van der Waals surface area contributed by atoms with Crippen molar-refractivity contribution in [3.8, 4) is 17.2 Å². The molecule has 158 valence electrons. The highest BCUT2D eigenvalue weighted by Crippen LogP contribution is 2.25. The van der Waals surface area contributed by atoms with E-state index in [4.69, 9.17) is 9.47 Å². The maximum Gasteiger partial charge on any atom is 0.228 e. The summed E-state index contributed by atoms with van der Waals surface area (Å²) in [5, 5.41) is 24.9. The number of carboxylic acid groups (broad SMARTS) is 2. The van der Waals surface area contributed by atoms with Crippen LogP contribution in [0.2, 0.25) is 0 Å². The molecule has 8 heteroatoms. The average molecular weight is 419 g/mol. The first-order valence-electron chi connectivity index (χ1n) is 9.13. The normalized spacial score (nSPS) is 10.2. The number of amides is 1. The van der Waals surface area contributed by atoms with Gasteiger partial charge in [0.2, 0.25) is 5.91 Å². The number of methoxy groups -OCH3 is 1. The molecule has 0 heterocycles. The minimum absolute atomic E-state index is 0.112. The molecular weight excluding hydrogens is 402 g/mol. The second-order valence-corrected chi connectivity index (χ2v) is 6.48. The molecule has 3 aromatic carbocycles. The number of ether oxygens (including phenoxy) is 2. The summed E-state index contributed by atoms with van der Waals surface area (Å²) in [6.45, 7) is 0. The SMILES string of the molecule is COc1ccc(CC(=O)Nc2ccc(Oc3ccc(C(=O)[O-])c(C(=O)[O-])c3)cc2)cc1. The van der Waals surface area contributed by atoms with Gasteiger partial charge in [-0.3, -0.25) is 4.79 Å². The van der Waals surface area contributed by atoms with Crippen molar-refractivity contribution in [1.29, 1.82) is 0 Å². The molecular formula is C23H17NO7-2. The molecule has 0 aliphatic rings. The lowest BCUT2D eigenvalue weighted by Gasteiger charge is -2.14. The molecule has 0 aliphatic carbocycles. The van der Waals surface area contributed by atoms with Crippen LogP contribution in [0.3, 0.4) is 0 Å². The van der Waals surface area contributed by atoms with Crippen molar-refractivity contribution in [3.05, 3.63) is 83.4 Å². The van der Waals surface area contributed by atoms with E-state index in [1.54, 1.807) is 43.5 Å². The summed E-state index contributed by atoms with van der Waals surface area (Å²) in [7, 11) is 1.57. The van der Waals surface area contributed by atoms with Crippen LogP contribution in [0, 0.1) is 0 Å². The number of hydrogen-bond acceptors (Lipinski definition) is 7. The Balaban J connectivity index is 1.63. The van der Waals surface area contributed by atoms with Gasteiger partial charge in [0, 0.05) is 16.8 Å². The Kier molecular flexibility index (Phi) is 6.51. The number of carbonyl (C=O) groups excluding carboxylic acids is 3. The number of nitrogens with one attached hydrogen (secondary N) is 1. The number of anilines is 1. The molecule has 8 nitrogen and oxygen atoms in total. The first kappa shape index (κ1) is 21.4. The largest absolute Gasteiger partial charge is 0.545 e. The predicted molar refractivity (Wildman–Crippen MR) is 107 cm³/mol.